The van der Waals surface area contributed by atoms with Crippen LogP contribution in [0.25, 0.3) is 0 Å². The highest BCUT2D eigenvalue weighted by Gasteiger charge is 2.04. The summed E-state index contributed by atoms with van der Waals surface area (Å²) in [5.41, 5.74) is 1.86. The van der Waals surface area contributed by atoms with Crippen molar-refractivity contribution in [3.8, 4) is 0 Å². The van der Waals surface area contributed by atoms with Crippen molar-refractivity contribution in [3.63, 3.8) is 0 Å². The Morgan fingerprint density at radius 2 is 1.64 bits per heavy atom. The lowest BCUT2D eigenvalue weighted by Crippen LogP contribution is -2.37. The summed E-state index contributed by atoms with van der Waals surface area (Å²) in [6.45, 7) is 1.39. The Morgan fingerprint density at radius 1 is 1.04 bits per heavy atom. The van der Waals surface area contributed by atoms with Crippen molar-refractivity contribution >= 4 is 63.1 Å². The first-order chi connectivity index (χ1) is 12.9. The van der Waals surface area contributed by atoms with Crippen molar-refractivity contribution in [1.29, 1.82) is 0 Å². The van der Waals surface area contributed by atoms with E-state index < -0.39 is 9.84 Å². The molecule has 154 valence electrons. The summed E-state index contributed by atoms with van der Waals surface area (Å²) in [6, 6.07) is 15.3. The number of thioether (sulfide) groups is 1. The Labute approximate surface area is 193 Å². The van der Waals surface area contributed by atoms with Gasteiger partial charge in [0, 0.05) is 42.1 Å². The Balaban J connectivity index is 0.00000392. The summed E-state index contributed by atoms with van der Waals surface area (Å²) >= 11 is 7.63. The number of nitrogens with one attached hydrogen (secondary N) is 2. The third-order valence-corrected chi connectivity index (χ3v) is 5.74. The van der Waals surface area contributed by atoms with E-state index in [2.05, 4.69) is 15.6 Å². The number of aliphatic imine (C=N–C) groups is 1. The highest BCUT2D eigenvalue weighted by molar-refractivity contribution is 14.0. The van der Waals surface area contributed by atoms with Crippen LogP contribution in [-0.4, -0.2) is 40.0 Å². The van der Waals surface area contributed by atoms with Gasteiger partial charge in [0.2, 0.25) is 0 Å². The van der Waals surface area contributed by atoms with Crippen molar-refractivity contribution < 1.29 is 8.42 Å². The summed E-state index contributed by atoms with van der Waals surface area (Å²) in [5.74, 6) is 1.70. The minimum atomic E-state index is -3.01. The highest BCUT2D eigenvalue weighted by Crippen LogP contribution is 2.19. The molecule has 2 aromatic carbocycles. The van der Waals surface area contributed by atoms with E-state index in [0.717, 1.165) is 34.4 Å². The molecule has 9 heteroatoms. The molecule has 0 heterocycles. The maximum absolute atomic E-state index is 11.3. The van der Waals surface area contributed by atoms with Crippen molar-refractivity contribution in [1.82, 2.24) is 10.6 Å². The molecule has 28 heavy (non-hydrogen) atoms. The number of nitrogens with zero attached hydrogens (tertiary/aromatic N) is 1. The van der Waals surface area contributed by atoms with Crippen LogP contribution in [0.5, 0.6) is 0 Å². The molecule has 5 nitrogen and oxygen atoms in total. The van der Waals surface area contributed by atoms with Gasteiger partial charge >= 0.3 is 0 Å². The molecule has 0 saturated carbocycles. The van der Waals surface area contributed by atoms with Gasteiger partial charge in [0.1, 0.15) is 0 Å². The van der Waals surface area contributed by atoms with Gasteiger partial charge in [0.25, 0.3) is 0 Å². The zero-order valence-electron chi connectivity index (χ0n) is 15.8. The topological polar surface area (TPSA) is 70.6 Å². The molecule has 0 unspecified atom stereocenters. The third kappa shape index (κ3) is 9.99. The Kier molecular flexibility index (Phi) is 11.2. The molecular weight excluding hydrogens is 529 g/mol. The smallest absolute Gasteiger partial charge is 0.191 e. The van der Waals surface area contributed by atoms with Gasteiger partial charge in [0.15, 0.2) is 15.8 Å². The maximum atomic E-state index is 11.3. The zero-order chi connectivity index (χ0) is 19.7. The Bertz CT molecular complexity index is 858. The fourth-order valence-electron chi connectivity index (χ4n) is 2.33. The average Bonchev–Trinajstić information content (AvgIpc) is 2.62. The summed E-state index contributed by atoms with van der Waals surface area (Å²) in [7, 11) is -1.28. The molecular formula is C19H25ClIN3O2S2. The van der Waals surface area contributed by atoms with Crippen molar-refractivity contribution in [2.75, 3.05) is 25.6 Å². The van der Waals surface area contributed by atoms with E-state index in [9.17, 15) is 8.42 Å². The molecule has 0 spiro atoms. The van der Waals surface area contributed by atoms with Crippen LogP contribution in [0, 0.1) is 0 Å². The minimum absolute atomic E-state index is 0. The van der Waals surface area contributed by atoms with Gasteiger partial charge in [0.05, 0.1) is 5.75 Å². The van der Waals surface area contributed by atoms with Gasteiger partial charge in [-0.05, 0) is 35.4 Å². The van der Waals surface area contributed by atoms with Gasteiger partial charge in [-0.1, -0.05) is 35.9 Å². The molecule has 2 rings (SSSR count). The maximum Gasteiger partial charge on any atom is 0.191 e. The molecule has 0 bridgehead atoms. The van der Waals surface area contributed by atoms with E-state index >= 15 is 0 Å². The molecule has 0 aliphatic rings. The lowest BCUT2D eigenvalue weighted by atomic mass is 10.1. The minimum Gasteiger partial charge on any atom is -0.356 e. The third-order valence-electron chi connectivity index (χ3n) is 3.61. The number of sulfone groups is 1. The van der Waals surface area contributed by atoms with Gasteiger partial charge in [-0.2, -0.15) is 0 Å². The number of guanidine groups is 1. The van der Waals surface area contributed by atoms with Crippen LogP contribution in [0.15, 0.2) is 58.4 Å². The predicted molar refractivity (Wildman–Crippen MR) is 131 cm³/mol. The van der Waals surface area contributed by atoms with E-state index in [0.29, 0.717) is 6.54 Å². The highest BCUT2D eigenvalue weighted by atomic mass is 127. The van der Waals surface area contributed by atoms with Crippen molar-refractivity contribution in [2.24, 2.45) is 4.99 Å². The van der Waals surface area contributed by atoms with Crippen LogP contribution >= 0.6 is 47.3 Å². The summed E-state index contributed by atoms with van der Waals surface area (Å²) in [6.07, 6.45) is 1.24. The Morgan fingerprint density at radius 3 is 2.21 bits per heavy atom. The quantitative estimate of drug-likeness (QED) is 0.170. The molecule has 0 fully saturated rings. The lowest BCUT2D eigenvalue weighted by Gasteiger charge is -2.12. The van der Waals surface area contributed by atoms with Crippen molar-refractivity contribution in [2.45, 2.75) is 17.2 Å². The first-order valence-corrected chi connectivity index (χ1v) is 11.9. The monoisotopic (exact) mass is 553 g/mol. The van der Waals surface area contributed by atoms with E-state index in [1.165, 1.54) is 11.2 Å². The Hall–Kier alpha value is -0.970. The molecule has 0 saturated heterocycles. The fraction of sp³-hybridized carbons (Fsp3) is 0.316. The number of halogens is 2. The van der Waals surface area contributed by atoms with Crippen LogP contribution < -0.4 is 10.6 Å². The van der Waals surface area contributed by atoms with Gasteiger partial charge < -0.3 is 10.6 Å². The zero-order valence-corrected chi connectivity index (χ0v) is 20.5. The SMILES string of the molecule is CN=C(NCCSc1ccc(Cl)cc1)NCc1ccc(CS(C)(=O)=O)cc1.I. The largest absolute Gasteiger partial charge is 0.356 e. The fourth-order valence-corrected chi connectivity index (χ4v) is 4.02. The van der Waals surface area contributed by atoms with Crippen LogP contribution in [0.4, 0.5) is 0 Å². The lowest BCUT2D eigenvalue weighted by molar-refractivity contribution is 0.601. The number of rotatable bonds is 8. The van der Waals surface area contributed by atoms with E-state index in [-0.39, 0.29) is 29.7 Å². The number of hydrogen-bond acceptors (Lipinski definition) is 4. The average molecular weight is 554 g/mol. The second-order valence-corrected chi connectivity index (χ2v) is 9.79. The molecule has 0 radical (unpaired) electrons. The van der Waals surface area contributed by atoms with Crippen LogP contribution in [-0.2, 0) is 22.1 Å². The second-order valence-electron chi connectivity index (χ2n) is 6.04. The van der Waals surface area contributed by atoms with Crippen molar-refractivity contribution in [3.05, 3.63) is 64.7 Å². The van der Waals surface area contributed by atoms with Gasteiger partial charge in [-0.15, -0.1) is 35.7 Å². The molecule has 2 N–H and O–H groups in total. The normalized spacial score (nSPS) is 11.6. The molecule has 0 aliphatic carbocycles. The second kappa shape index (κ2) is 12.6. The number of benzene rings is 2. The molecule has 0 aliphatic heterocycles. The van der Waals surface area contributed by atoms with Gasteiger partial charge in [-0.3, -0.25) is 4.99 Å². The molecule has 0 aromatic heterocycles. The van der Waals surface area contributed by atoms with E-state index in [4.69, 9.17) is 11.6 Å². The molecule has 0 amide bonds. The van der Waals surface area contributed by atoms with E-state index in [1.807, 2.05) is 48.5 Å². The summed E-state index contributed by atoms with van der Waals surface area (Å²) < 4.78 is 22.7. The first kappa shape index (κ1) is 25.1. The predicted octanol–water partition coefficient (Wildman–Crippen LogP) is 3.96. The van der Waals surface area contributed by atoms with Crippen LogP contribution in [0.3, 0.4) is 0 Å². The van der Waals surface area contributed by atoms with E-state index in [1.54, 1.807) is 18.8 Å². The standard InChI is InChI=1S/C19H24ClN3O2S2.HI/c1-21-19(22-11-12-26-18-9-7-17(20)8-10-18)23-13-15-3-5-16(6-4-15)14-27(2,24)25;/h3-10H,11-14H2,1-2H3,(H2,21,22,23);1H. The number of hydrogen-bond donors (Lipinski definition) is 2. The van der Waals surface area contributed by atoms with Crippen LogP contribution in [0.2, 0.25) is 5.02 Å². The molecule has 0 atom stereocenters. The summed E-state index contributed by atoms with van der Waals surface area (Å²) in [4.78, 5) is 5.39. The van der Waals surface area contributed by atoms with Gasteiger partial charge in [-0.25, -0.2) is 8.42 Å². The molecule has 2 aromatic rings. The first-order valence-electron chi connectivity index (χ1n) is 8.44. The summed E-state index contributed by atoms with van der Waals surface area (Å²) in [5, 5.41) is 7.27. The van der Waals surface area contributed by atoms with Crippen LogP contribution in [0.1, 0.15) is 11.1 Å².